The Bertz CT molecular complexity index is 381. The van der Waals surface area contributed by atoms with Gasteiger partial charge in [-0.3, -0.25) is 4.79 Å². The van der Waals surface area contributed by atoms with Gasteiger partial charge in [0.05, 0.1) is 5.92 Å². The average Bonchev–Trinajstić information content (AvgIpc) is 2.67. The third kappa shape index (κ3) is 2.36. The SMILES string of the molecule is Cc1ccccc1[C@H]1CNC[C@@H]1C(=O)O.Cl. The number of hydrogen-bond acceptors (Lipinski definition) is 2. The Labute approximate surface area is 101 Å². The van der Waals surface area contributed by atoms with E-state index in [2.05, 4.69) is 5.32 Å². The van der Waals surface area contributed by atoms with Crippen LogP contribution in [0.2, 0.25) is 0 Å². The van der Waals surface area contributed by atoms with Crippen molar-refractivity contribution in [1.29, 1.82) is 0 Å². The number of nitrogens with one attached hydrogen (secondary N) is 1. The zero-order valence-corrected chi connectivity index (χ0v) is 9.96. The van der Waals surface area contributed by atoms with E-state index < -0.39 is 5.97 Å². The van der Waals surface area contributed by atoms with E-state index in [1.165, 1.54) is 5.56 Å². The first-order chi connectivity index (χ1) is 7.20. The maximum absolute atomic E-state index is 11.1. The molecule has 1 aromatic rings. The number of hydrogen-bond donors (Lipinski definition) is 2. The van der Waals surface area contributed by atoms with E-state index in [1.807, 2.05) is 31.2 Å². The lowest BCUT2D eigenvalue weighted by molar-refractivity contribution is -0.141. The highest BCUT2D eigenvalue weighted by Gasteiger charge is 2.34. The van der Waals surface area contributed by atoms with Crippen molar-refractivity contribution >= 4 is 18.4 Å². The summed E-state index contributed by atoms with van der Waals surface area (Å²) in [6.45, 7) is 3.38. The van der Waals surface area contributed by atoms with Gasteiger partial charge in [0.1, 0.15) is 0 Å². The molecule has 0 unspecified atom stereocenters. The van der Waals surface area contributed by atoms with Crippen molar-refractivity contribution in [2.24, 2.45) is 5.92 Å². The summed E-state index contributed by atoms with van der Waals surface area (Å²) >= 11 is 0. The van der Waals surface area contributed by atoms with Crippen molar-refractivity contribution in [2.45, 2.75) is 12.8 Å². The summed E-state index contributed by atoms with van der Waals surface area (Å²) in [6.07, 6.45) is 0. The fourth-order valence-electron chi connectivity index (χ4n) is 2.27. The van der Waals surface area contributed by atoms with Gasteiger partial charge in [-0.15, -0.1) is 12.4 Å². The molecule has 3 nitrogen and oxygen atoms in total. The van der Waals surface area contributed by atoms with E-state index in [0.717, 1.165) is 12.1 Å². The van der Waals surface area contributed by atoms with Gasteiger partial charge in [0, 0.05) is 19.0 Å². The molecule has 0 aromatic heterocycles. The van der Waals surface area contributed by atoms with E-state index in [0.29, 0.717) is 6.54 Å². The van der Waals surface area contributed by atoms with Gasteiger partial charge >= 0.3 is 5.97 Å². The van der Waals surface area contributed by atoms with Crippen LogP contribution in [0.3, 0.4) is 0 Å². The fourth-order valence-corrected chi connectivity index (χ4v) is 2.27. The van der Waals surface area contributed by atoms with Gasteiger partial charge in [0.15, 0.2) is 0 Å². The molecule has 1 heterocycles. The molecule has 1 saturated heterocycles. The topological polar surface area (TPSA) is 49.3 Å². The summed E-state index contributed by atoms with van der Waals surface area (Å²) in [4.78, 5) is 11.1. The van der Waals surface area contributed by atoms with Crippen LogP contribution >= 0.6 is 12.4 Å². The second-order valence-corrected chi connectivity index (χ2v) is 4.07. The number of rotatable bonds is 2. The molecule has 2 atom stereocenters. The quantitative estimate of drug-likeness (QED) is 0.830. The standard InChI is InChI=1S/C12H15NO2.ClH/c1-8-4-2-3-5-9(8)10-6-13-7-11(10)12(14)15;/h2-5,10-11,13H,6-7H2,1H3,(H,14,15);1H/t10-,11+;/m1./s1. The van der Waals surface area contributed by atoms with Crippen LogP contribution in [0.1, 0.15) is 17.0 Å². The molecular formula is C12H16ClNO2. The van der Waals surface area contributed by atoms with Gasteiger partial charge in [-0.05, 0) is 18.1 Å². The number of carboxylic acids is 1. The van der Waals surface area contributed by atoms with Crippen molar-refractivity contribution in [2.75, 3.05) is 13.1 Å². The molecule has 1 aromatic carbocycles. The molecule has 1 aliphatic rings. The first kappa shape index (κ1) is 13.0. The fraction of sp³-hybridized carbons (Fsp3) is 0.417. The van der Waals surface area contributed by atoms with Crippen LogP contribution < -0.4 is 5.32 Å². The van der Waals surface area contributed by atoms with E-state index >= 15 is 0 Å². The van der Waals surface area contributed by atoms with E-state index in [-0.39, 0.29) is 24.2 Å². The summed E-state index contributed by atoms with van der Waals surface area (Å²) < 4.78 is 0. The Hall–Kier alpha value is -1.06. The molecule has 1 fully saturated rings. The molecule has 0 spiro atoms. The third-order valence-electron chi connectivity index (χ3n) is 3.12. The Morgan fingerprint density at radius 2 is 2.06 bits per heavy atom. The first-order valence-corrected chi connectivity index (χ1v) is 5.19. The van der Waals surface area contributed by atoms with Gasteiger partial charge in [-0.1, -0.05) is 24.3 Å². The summed E-state index contributed by atoms with van der Waals surface area (Å²) in [5, 5.41) is 12.2. The highest BCUT2D eigenvalue weighted by atomic mass is 35.5. The van der Waals surface area contributed by atoms with Crippen molar-refractivity contribution < 1.29 is 9.90 Å². The molecule has 0 amide bonds. The van der Waals surface area contributed by atoms with Crippen LogP contribution in [0.15, 0.2) is 24.3 Å². The van der Waals surface area contributed by atoms with Crippen molar-refractivity contribution in [1.82, 2.24) is 5.32 Å². The lowest BCUT2D eigenvalue weighted by Gasteiger charge is -2.17. The molecular weight excluding hydrogens is 226 g/mol. The van der Waals surface area contributed by atoms with E-state index in [1.54, 1.807) is 0 Å². The molecule has 0 radical (unpaired) electrons. The predicted octanol–water partition coefficient (Wildman–Crippen LogP) is 1.80. The monoisotopic (exact) mass is 241 g/mol. The van der Waals surface area contributed by atoms with Crippen LogP contribution in [-0.2, 0) is 4.79 Å². The Morgan fingerprint density at radius 1 is 1.38 bits per heavy atom. The van der Waals surface area contributed by atoms with Crippen LogP contribution in [0.4, 0.5) is 0 Å². The second kappa shape index (κ2) is 5.32. The summed E-state index contributed by atoms with van der Waals surface area (Å²) in [5.41, 5.74) is 2.34. The van der Waals surface area contributed by atoms with Crippen molar-refractivity contribution in [3.63, 3.8) is 0 Å². The van der Waals surface area contributed by atoms with Gasteiger partial charge < -0.3 is 10.4 Å². The van der Waals surface area contributed by atoms with Crippen LogP contribution in [-0.4, -0.2) is 24.2 Å². The second-order valence-electron chi connectivity index (χ2n) is 4.07. The number of aliphatic carboxylic acids is 1. The zero-order valence-electron chi connectivity index (χ0n) is 9.14. The van der Waals surface area contributed by atoms with Gasteiger partial charge in [-0.2, -0.15) is 0 Å². The smallest absolute Gasteiger partial charge is 0.308 e. The average molecular weight is 242 g/mol. The largest absolute Gasteiger partial charge is 0.481 e. The molecule has 0 saturated carbocycles. The molecule has 2 N–H and O–H groups in total. The van der Waals surface area contributed by atoms with Gasteiger partial charge in [0.25, 0.3) is 0 Å². The molecule has 0 aliphatic carbocycles. The maximum Gasteiger partial charge on any atom is 0.308 e. The summed E-state index contributed by atoms with van der Waals surface area (Å²) in [6, 6.07) is 8.02. The van der Waals surface area contributed by atoms with Crippen molar-refractivity contribution in [3.05, 3.63) is 35.4 Å². The minimum Gasteiger partial charge on any atom is -0.481 e. The molecule has 88 valence electrons. The minimum absolute atomic E-state index is 0. The Morgan fingerprint density at radius 3 is 2.69 bits per heavy atom. The molecule has 0 bridgehead atoms. The van der Waals surface area contributed by atoms with Gasteiger partial charge in [0.2, 0.25) is 0 Å². The third-order valence-corrected chi connectivity index (χ3v) is 3.12. The first-order valence-electron chi connectivity index (χ1n) is 5.19. The van der Waals surface area contributed by atoms with E-state index in [9.17, 15) is 4.79 Å². The van der Waals surface area contributed by atoms with Crippen molar-refractivity contribution in [3.8, 4) is 0 Å². The maximum atomic E-state index is 11.1. The zero-order chi connectivity index (χ0) is 10.8. The lowest BCUT2D eigenvalue weighted by atomic mass is 9.86. The molecule has 16 heavy (non-hydrogen) atoms. The molecule has 1 aliphatic heterocycles. The van der Waals surface area contributed by atoms with Crippen LogP contribution in [0.25, 0.3) is 0 Å². The Balaban J connectivity index is 0.00000128. The van der Waals surface area contributed by atoms with Gasteiger partial charge in [-0.25, -0.2) is 0 Å². The number of carboxylic acid groups (broad SMARTS) is 1. The number of aryl methyl sites for hydroxylation is 1. The van der Waals surface area contributed by atoms with Crippen LogP contribution in [0.5, 0.6) is 0 Å². The van der Waals surface area contributed by atoms with E-state index in [4.69, 9.17) is 5.11 Å². The highest BCUT2D eigenvalue weighted by molar-refractivity contribution is 5.85. The number of halogens is 1. The normalized spacial score (nSPS) is 23.8. The Kier molecular flexibility index (Phi) is 4.33. The molecule has 4 heteroatoms. The predicted molar refractivity (Wildman–Crippen MR) is 65.2 cm³/mol. The summed E-state index contributed by atoms with van der Waals surface area (Å²) in [7, 11) is 0. The number of benzene rings is 1. The summed E-state index contributed by atoms with van der Waals surface area (Å²) in [5.74, 6) is -0.872. The molecule has 2 rings (SSSR count). The van der Waals surface area contributed by atoms with Crippen LogP contribution in [0, 0.1) is 12.8 Å². The number of carbonyl (C=O) groups is 1. The lowest BCUT2D eigenvalue weighted by Crippen LogP contribution is -2.21. The highest BCUT2D eigenvalue weighted by Crippen LogP contribution is 2.30. The minimum atomic E-state index is -0.701.